The summed E-state index contributed by atoms with van der Waals surface area (Å²) in [6.07, 6.45) is 0. The van der Waals surface area contributed by atoms with Crippen molar-refractivity contribution in [3.63, 3.8) is 0 Å². The van der Waals surface area contributed by atoms with Crippen LogP contribution >= 0.6 is 0 Å². The van der Waals surface area contributed by atoms with E-state index in [0.29, 0.717) is 11.3 Å². The van der Waals surface area contributed by atoms with Gasteiger partial charge in [-0.3, -0.25) is 9.59 Å². The summed E-state index contributed by atoms with van der Waals surface area (Å²) < 4.78 is 5.17. The van der Waals surface area contributed by atoms with Crippen molar-refractivity contribution in [3.05, 3.63) is 99.6 Å². The molecule has 40 heavy (non-hydrogen) atoms. The first-order valence-electron chi connectivity index (χ1n) is 14.3. The van der Waals surface area contributed by atoms with Crippen molar-refractivity contribution in [1.82, 2.24) is 0 Å². The van der Waals surface area contributed by atoms with E-state index in [2.05, 4.69) is 77.9 Å². The molecule has 7 rings (SSSR count). The van der Waals surface area contributed by atoms with Crippen LogP contribution in [0.3, 0.4) is 0 Å². The maximum atomic E-state index is 14.3. The number of esters is 1. The predicted octanol–water partition coefficient (Wildman–Crippen LogP) is 6.85. The van der Waals surface area contributed by atoms with E-state index < -0.39 is 17.8 Å². The van der Waals surface area contributed by atoms with E-state index in [4.69, 9.17) is 4.74 Å². The molecule has 1 fully saturated rings. The second-order valence-corrected chi connectivity index (χ2v) is 13.5. The summed E-state index contributed by atoms with van der Waals surface area (Å²) in [6.45, 7) is 15.2. The average Bonchev–Trinajstić information content (AvgIpc) is 3.17. The van der Waals surface area contributed by atoms with Crippen molar-refractivity contribution in [1.29, 1.82) is 0 Å². The molecule has 3 aliphatic carbocycles. The first-order valence-corrected chi connectivity index (χ1v) is 14.3. The third-order valence-electron chi connectivity index (χ3n) is 8.98. The van der Waals surface area contributed by atoms with E-state index in [1.165, 1.54) is 16.0 Å². The number of rotatable bonds is 3. The molecular weight excluding hydrogens is 498 g/mol. The highest BCUT2D eigenvalue weighted by Gasteiger charge is 2.62. The van der Waals surface area contributed by atoms with E-state index in [0.717, 1.165) is 22.3 Å². The second-order valence-electron chi connectivity index (χ2n) is 13.5. The molecule has 0 N–H and O–H groups in total. The Balaban J connectivity index is 1.52. The van der Waals surface area contributed by atoms with Crippen LogP contribution in [0.1, 0.15) is 104 Å². The average molecular weight is 536 g/mol. The Hall–Kier alpha value is -3.73. The molecule has 3 aromatic rings. The lowest BCUT2D eigenvalue weighted by Gasteiger charge is -2.47. The Kier molecular flexibility index (Phi) is 5.89. The molecule has 0 radical (unpaired) electrons. The highest BCUT2D eigenvalue weighted by molar-refractivity contribution is 6.23. The van der Waals surface area contributed by atoms with Crippen LogP contribution in [0.5, 0.6) is 0 Å². The van der Waals surface area contributed by atoms with Crippen molar-refractivity contribution in [3.8, 4) is 0 Å². The van der Waals surface area contributed by atoms with Crippen molar-refractivity contribution in [2.24, 2.45) is 11.8 Å². The van der Waals surface area contributed by atoms with Gasteiger partial charge in [0.05, 0.1) is 29.7 Å². The minimum atomic E-state index is -0.487. The molecule has 0 unspecified atom stereocenters. The normalized spacial score (nSPS) is 23.1. The zero-order valence-electron chi connectivity index (χ0n) is 24.4. The standard InChI is InChI=1S/C35H37NO4/c1-8-40-33(39)19-10-9-11-22(16-19)36-31(37)29-27-24-15-13-21(35(5,6)7)18-26(24)28(30(29)32(36)38)23-14-12-20(17-25(23)27)34(2,3)4/h9-18,27-30H,8H2,1-7H3/t27-,28+,29-,30-/m0/s1. The number of hydrogen-bond acceptors (Lipinski definition) is 4. The number of carbonyl (C=O) groups is 3. The molecule has 1 heterocycles. The SMILES string of the molecule is CCOC(=O)c1cccc(N2C(=O)[C@H]3[C@@H]4c5ccc(C(C)(C)C)cc5[C@H](c5ccc(C(C)(C)C)cc54)[C@@H]3C2=O)c1. The van der Waals surface area contributed by atoms with Crippen LogP contribution in [0.4, 0.5) is 5.69 Å². The highest BCUT2D eigenvalue weighted by Crippen LogP contribution is 2.62. The molecule has 2 amide bonds. The molecule has 3 aromatic carbocycles. The number of amides is 2. The van der Waals surface area contributed by atoms with Gasteiger partial charge >= 0.3 is 5.97 Å². The summed E-state index contributed by atoms with van der Waals surface area (Å²) in [7, 11) is 0. The Bertz CT molecular complexity index is 1480. The van der Waals surface area contributed by atoms with E-state index in [9.17, 15) is 14.4 Å². The fourth-order valence-electron chi connectivity index (χ4n) is 6.95. The smallest absolute Gasteiger partial charge is 0.338 e. The van der Waals surface area contributed by atoms with Gasteiger partial charge in [0.2, 0.25) is 11.8 Å². The summed E-state index contributed by atoms with van der Waals surface area (Å²) in [6, 6.07) is 20.0. The maximum Gasteiger partial charge on any atom is 0.338 e. The molecule has 2 bridgehead atoms. The first-order chi connectivity index (χ1) is 18.8. The van der Waals surface area contributed by atoms with Gasteiger partial charge in [-0.1, -0.05) is 84.0 Å². The zero-order chi connectivity index (χ0) is 28.7. The van der Waals surface area contributed by atoms with Crippen molar-refractivity contribution in [2.45, 2.75) is 71.1 Å². The summed E-state index contributed by atoms with van der Waals surface area (Å²) in [5, 5.41) is 0. The van der Waals surface area contributed by atoms with Gasteiger partial charge in [-0.15, -0.1) is 0 Å². The van der Waals surface area contributed by atoms with E-state index in [1.54, 1.807) is 31.2 Å². The number of carbonyl (C=O) groups excluding carboxylic acids is 3. The molecular formula is C35H37NO4. The van der Waals surface area contributed by atoms with Gasteiger partial charge in [0.25, 0.3) is 0 Å². The third kappa shape index (κ3) is 3.85. The molecule has 4 atom stereocenters. The zero-order valence-corrected chi connectivity index (χ0v) is 24.4. The number of benzene rings is 3. The Morgan fingerprint density at radius 1 is 0.725 bits per heavy atom. The number of nitrogens with zero attached hydrogens (tertiary/aromatic N) is 1. The van der Waals surface area contributed by atoms with Gasteiger partial charge in [0.15, 0.2) is 0 Å². The van der Waals surface area contributed by atoms with Crippen LogP contribution in [0.2, 0.25) is 0 Å². The van der Waals surface area contributed by atoms with Gasteiger partial charge in [-0.2, -0.15) is 0 Å². The van der Waals surface area contributed by atoms with E-state index in [-0.39, 0.29) is 41.1 Å². The molecule has 1 saturated heterocycles. The number of ether oxygens (including phenoxy) is 1. The first kappa shape index (κ1) is 26.5. The molecule has 1 aliphatic heterocycles. The molecule has 0 aromatic heterocycles. The summed E-state index contributed by atoms with van der Waals surface area (Å²) in [5.41, 5.74) is 7.75. The molecule has 5 nitrogen and oxygen atoms in total. The van der Waals surface area contributed by atoms with Gasteiger partial charge in [-0.05, 0) is 69.3 Å². The van der Waals surface area contributed by atoms with Gasteiger partial charge in [0, 0.05) is 11.8 Å². The summed E-state index contributed by atoms with van der Waals surface area (Å²) in [4.78, 5) is 42.3. The maximum absolute atomic E-state index is 14.3. The molecule has 4 aliphatic rings. The fourth-order valence-corrected chi connectivity index (χ4v) is 6.95. The number of hydrogen-bond donors (Lipinski definition) is 0. The number of anilines is 1. The number of imide groups is 1. The van der Waals surface area contributed by atoms with Crippen LogP contribution in [0.15, 0.2) is 60.7 Å². The third-order valence-corrected chi connectivity index (χ3v) is 8.98. The van der Waals surface area contributed by atoms with E-state index in [1.807, 2.05) is 0 Å². The Morgan fingerprint density at radius 3 is 1.68 bits per heavy atom. The van der Waals surface area contributed by atoms with Gasteiger partial charge in [0.1, 0.15) is 0 Å². The highest BCUT2D eigenvalue weighted by atomic mass is 16.5. The van der Waals surface area contributed by atoms with Gasteiger partial charge < -0.3 is 4.74 Å². The molecule has 0 spiro atoms. The lowest BCUT2D eigenvalue weighted by Crippen LogP contribution is -2.42. The minimum Gasteiger partial charge on any atom is -0.462 e. The molecule has 206 valence electrons. The van der Waals surface area contributed by atoms with E-state index >= 15 is 0 Å². The summed E-state index contributed by atoms with van der Waals surface area (Å²) >= 11 is 0. The predicted molar refractivity (Wildman–Crippen MR) is 156 cm³/mol. The largest absolute Gasteiger partial charge is 0.462 e. The van der Waals surface area contributed by atoms with Crippen molar-refractivity contribution in [2.75, 3.05) is 11.5 Å². The lowest BCUT2D eigenvalue weighted by atomic mass is 9.54. The quantitative estimate of drug-likeness (QED) is 0.272. The molecule has 5 heteroatoms. The van der Waals surface area contributed by atoms with Crippen molar-refractivity contribution >= 4 is 23.5 Å². The Morgan fingerprint density at radius 2 is 1.23 bits per heavy atom. The van der Waals surface area contributed by atoms with Crippen LogP contribution < -0.4 is 4.90 Å². The summed E-state index contributed by atoms with van der Waals surface area (Å²) in [5.74, 6) is -2.23. The Labute approximate surface area is 236 Å². The fraction of sp³-hybridized carbons (Fsp3) is 0.400. The van der Waals surface area contributed by atoms with Crippen molar-refractivity contribution < 1.29 is 19.1 Å². The molecule has 0 saturated carbocycles. The lowest BCUT2D eigenvalue weighted by molar-refractivity contribution is -0.122. The monoisotopic (exact) mass is 535 g/mol. The van der Waals surface area contributed by atoms with Crippen LogP contribution in [-0.4, -0.2) is 24.4 Å². The minimum absolute atomic E-state index is 0.0425. The second kappa shape index (κ2) is 8.89. The van der Waals surface area contributed by atoms with Crippen LogP contribution in [-0.2, 0) is 25.2 Å². The van der Waals surface area contributed by atoms with Gasteiger partial charge in [-0.25, -0.2) is 9.69 Å². The van der Waals surface area contributed by atoms with Crippen LogP contribution in [0, 0.1) is 11.8 Å². The topological polar surface area (TPSA) is 63.7 Å². The van der Waals surface area contributed by atoms with Crippen LogP contribution in [0.25, 0.3) is 0 Å².